The van der Waals surface area contributed by atoms with Crippen LogP contribution in [-0.4, -0.2) is 48.3 Å². The minimum absolute atomic E-state index is 0.00334. The molecule has 1 atom stereocenters. The van der Waals surface area contributed by atoms with Crippen LogP contribution in [0.2, 0.25) is 0 Å². The van der Waals surface area contributed by atoms with Gasteiger partial charge in [-0.3, -0.25) is 14.4 Å². The minimum Gasteiger partial charge on any atom is -0.353 e. The monoisotopic (exact) mass is 241 g/mol. The van der Waals surface area contributed by atoms with Crippen LogP contribution in [0.4, 0.5) is 0 Å². The zero-order valence-corrected chi connectivity index (χ0v) is 10.4. The molecule has 0 saturated carbocycles. The van der Waals surface area contributed by atoms with Crippen LogP contribution in [0, 0.1) is 5.92 Å². The van der Waals surface area contributed by atoms with Gasteiger partial charge in [-0.15, -0.1) is 0 Å². The number of amides is 3. The molecule has 0 unspecified atom stereocenters. The average molecular weight is 241 g/mol. The molecule has 1 saturated heterocycles. The van der Waals surface area contributed by atoms with Gasteiger partial charge in [-0.2, -0.15) is 0 Å². The van der Waals surface area contributed by atoms with Crippen molar-refractivity contribution in [1.82, 2.24) is 15.5 Å². The highest BCUT2D eigenvalue weighted by Gasteiger charge is 2.30. The van der Waals surface area contributed by atoms with Crippen molar-refractivity contribution >= 4 is 17.7 Å². The minimum atomic E-state index is -0.557. The second kappa shape index (κ2) is 5.65. The number of rotatable bonds is 3. The molecule has 0 aliphatic carbocycles. The first-order chi connectivity index (χ1) is 7.91. The highest BCUT2D eigenvalue weighted by atomic mass is 16.2. The summed E-state index contributed by atoms with van der Waals surface area (Å²) in [5.41, 5.74) is 0. The molecule has 0 radical (unpaired) electrons. The fourth-order valence-electron chi connectivity index (χ4n) is 1.76. The number of hydrogen-bond acceptors (Lipinski definition) is 3. The van der Waals surface area contributed by atoms with E-state index >= 15 is 0 Å². The van der Waals surface area contributed by atoms with Gasteiger partial charge >= 0.3 is 0 Å². The van der Waals surface area contributed by atoms with Crippen molar-refractivity contribution in [2.24, 2.45) is 5.92 Å². The van der Waals surface area contributed by atoms with E-state index < -0.39 is 6.04 Å². The van der Waals surface area contributed by atoms with Gasteiger partial charge in [0.1, 0.15) is 6.04 Å². The Bertz CT molecular complexity index is 328. The molecule has 1 aliphatic rings. The van der Waals surface area contributed by atoms with E-state index in [1.165, 1.54) is 11.8 Å². The average Bonchev–Trinajstić information content (AvgIpc) is 2.24. The zero-order valence-electron chi connectivity index (χ0n) is 10.4. The molecule has 17 heavy (non-hydrogen) atoms. The molecule has 3 amide bonds. The van der Waals surface area contributed by atoms with Gasteiger partial charge in [-0.05, 0) is 5.92 Å². The lowest BCUT2D eigenvalue weighted by molar-refractivity contribution is -0.142. The van der Waals surface area contributed by atoms with Crippen LogP contribution in [-0.2, 0) is 14.4 Å². The molecular weight excluding hydrogens is 222 g/mol. The normalized spacial score (nSPS) is 17.6. The summed E-state index contributed by atoms with van der Waals surface area (Å²) in [5, 5.41) is 5.28. The number of nitrogens with zero attached hydrogens (tertiary/aromatic N) is 1. The molecule has 1 fully saturated rings. The highest BCUT2D eigenvalue weighted by Crippen LogP contribution is 2.07. The van der Waals surface area contributed by atoms with Crippen molar-refractivity contribution in [3.05, 3.63) is 0 Å². The maximum absolute atomic E-state index is 12.2. The fourth-order valence-corrected chi connectivity index (χ4v) is 1.76. The summed E-state index contributed by atoms with van der Waals surface area (Å²) in [6.07, 6.45) is 0. The zero-order chi connectivity index (χ0) is 13.0. The lowest BCUT2D eigenvalue weighted by atomic mass is 10.0. The molecule has 2 N–H and O–H groups in total. The topological polar surface area (TPSA) is 78.5 Å². The Morgan fingerprint density at radius 2 is 2.06 bits per heavy atom. The maximum atomic E-state index is 12.2. The third-order valence-corrected chi connectivity index (χ3v) is 2.64. The Balaban J connectivity index is 2.69. The predicted molar refractivity (Wildman–Crippen MR) is 62.0 cm³/mol. The molecule has 6 nitrogen and oxygen atoms in total. The largest absolute Gasteiger partial charge is 0.353 e. The number of carbonyl (C=O) groups excluding carboxylic acids is 3. The number of carbonyl (C=O) groups is 3. The Morgan fingerprint density at radius 3 is 2.53 bits per heavy atom. The van der Waals surface area contributed by atoms with Gasteiger partial charge in [0.2, 0.25) is 17.7 Å². The van der Waals surface area contributed by atoms with E-state index in [4.69, 9.17) is 0 Å². The predicted octanol–water partition coefficient (Wildman–Crippen LogP) is -0.894. The molecule has 0 aromatic heterocycles. The van der Waals surface area contributed by atoms with E-state index in [2.05, 4.69) is 10.6 Å². The molecule has 1 aliphatic heterocycles. The smallest absolute Gasteiger partial charge is 0.245 e. The molecule has 1 heterocycles. The van der Waals surface area contributed by atoms with E-state index in [0.29, 0.717) is 13.1 Å². The second-order valence-electron chi connectivity index (χ2n) is 4.53. The Hall–Kier alpha value is -1.59. The Labute approximate surface area is 101 Å². The van der Waals surface area contributed by atoms with Crippen LogP contribution < -0.4 is 10.6 Å². The first kappa shape index (κ1) is 13.5. The van der Waals surface area contributed by atoms with Crippen LogP contribution >= 0.6 is 0 Å². The molecule has 0 aromatic rings. The third kappa shape index (κ3) is 3.72. The molecule has 0 spiro atoms. The van der Waals surface area contributed by atoms with Gasteiger partial charge in [0.05, 0.1) is 6.54 Å². The van der Waals surface area contributed by atoms with Gasteiger partial charge in [0.25, 0.3) is 0 Å². The van der Waals surface area contributed by atoms with Crippen molar-refractivity contribution in [1.29, 1.82) is 0 Å². The molecular formula is C11H19N3O3. The van der Waals surface area contributed by atoms with Crippen molar-refractivity contribution < 1.29 is 14.4 Å². The number of nitrogens with one attached hydrogen (secondary N) is 2. The summed E-state index contributed by atoms with van der Waals surface area (Å²) in [6, 6.07) is -0.557. The van der Waals surface area contributed by atoms with Gasteiger partial charge in [0, 0.05) is 20.0 Å². The maximum Gasteiger partial charge on any atom is 0.245 e. The van der Waals surface area contributed by atoms with Crippen LogP contribution in [0.3, 0.4) is 0 Å². The van der Waals surface area contributed by atoms with E-state index in [-0.39, 0.29) is 30.2 Å². The molecule has 1 rings (SSSR count). The quantitative estimate of drug-likeness (QED) is 0.672. The summed E-state index contributed by atoms with van der Waals surface area (Å²) < 4.78 is 0. The molecule has 6 heteroatoms. The van der Waals surface area contributed by atoms with E-state index in [0.717, 1.165) is 0 Å². The van der Waals surface area contributed by atoms with Gasteiger partial charge in [-0.1, -0.05) is 13.8 Å². The Kier molecular flexibility index (Phi) is 4.48. The van der Waals surface area contributed by atoms with E-state index in [9.17, 15) is 14.4 Å². The summed E-state index contributed by atoms with van der Waals surface area (Å²) in [7, 11) is 0. The van der Waals surface area contributed by atoms with Crippen LogP contribution in [0.5, 0.6) is 0 Å². The lowest BCUT2D eigenvalue weighted by Crippen LogP contribution is -2.57. The van der Waals surface area contributed by atoms with Crippen molar-refractivity contribution in [2.75, 3.05) is 19.6 Å². The van der Waals surface area contributed by atoms with E-state index in [1.807, 2.05) is 13.8 Å². The summed E-state index contributed by atoms with van der Waals surface area (Å²) in [5.74, 6) is -0.588. The first-order valence-electron chi connectivity index (χ1n) is 5.74. The number of hydrogen-bond donors (Lipinski definition) is 2. The fraction of sp³-hybridized carbons (Fsp3) is 0.727. The van der Waals surface area contributed by atoms with Gasteiger partial charge in [0.15, 0.2) is 0 Å². The lowest BCUT2D eigenvalue weighted by Gasteiger charge is -2.31. The van der Waals surface area contributed by atoms with E-state index in [1.54, 1.807) is 0 Å². The molecule has 0 bridgehead atoms. The van der Waals surface area contributed by atoms with Crippen LogP contribution in [0.1, 0.15) is 20.8 Å². The number of piperazine rings is 1. The van der Waals surface area contributed by atoms with Crippen molar-refractivity contribution in [2.45, 2.75) is 26.8 Å². The van der Waals surface area contributed by atoms with Crippen LogP contribution in [0.25, 0.3) is 0 Å². The summed E-state index contributed by atoms with van der Waals surface area (Å²) in [6.45, 7) is 6.14. The Morgan fingerprint density at radius 1 is 1.41 bits per heavy atom. The summed E-state index contributed by atoms with van der Waals surface area (Å²) in [4.78, 5) is 35.9. The second-order valence-corrected chi connectivity index (χ2v) is 4.53. The molecule has 96 valence electrons. The van der Waals surface area contributed by atoms with Crippen LogP contribution in [0.15, 0.2) is 0 Å². The standard InChI is InChI=1S/C11H19N3O3/c1-7(2)10(13-8(3)15)11(17)14-5-4-12-9(16)6-14/h7,10H,4-6H2,1-3H3,(H,12,16)(H,13,15)/t10-/m0/s1. The van der Waals surface area contributed by atoms with Gasteiger partial charge < -0.3 is 15.5 Å². The molecule has 0 aromatic carbocycles. The third-order valence-electron chi connectivity index (χ3n) is 2.64. The van der Waals surface area contributed by atoms with Gasteiger partial charge in [-0.25, -0.2) is 0 Å². The first-order valence-corrected chi connectivity index (χ1v) is 5.74. The highest BCUT2D eigenvalue weighted by molar-refractivity contribution is 5.91. The van der Waals surface area contributed by atoms with Crippen molar-refractivity contribution in [3.63, 3.8) is 0 Å². The van der Waals surface area contributed by atoms with Crippen molar-refractivity contribution in [3.8, 4) is 0 Å². The summed E-state index contributed by atoms with van der Waals surface area (Å²) >= 11 is 0. The SMILES string of the molecule is CC(=O)N[C@H](C(=O)N1CCNC(=O)C1)C(C)C.